The highest BCUT2D eigenvalue weighted by atomic mass is 79.9. The summed E-state index contributed by atoms with van der Waals surface area (Å²) in [6.45, 7) is 9.98. The van der Waals surface area contributed by atoms with Crippen LogP contribution in [0.1, 0.15) is 45.9 Å². The Morgan fingerprint density at radius 1 is 1.38 bits per heavy atom. The van der Waals surface area contributed by atoms with E-state index in [1.165, 1.54) is 0 Å². The van der Waals surface area contributed by atoms with Crippen molar-refractivity contribution in [3.05, 3.63) is 22.6 Å². The lowest BCUT2D eigenvalue weighted by molar-refractivity contribution is 0.266. The van der Waals surface area contributed by atoms with Crippen molar-refractivity contribution in [2.24, 2.45) is 11.8 Å². The molecule has 1 aromatic heterocycles. The lowest BCUT2D eigenvalue weighted by atomic mass is 9.89. The predicted molar refractivity (Wildman–Crippen MR) is 71.4 cm³/mol. The molecule has 0 amide bonds. The Labute approximate surface area is 107 Å². The summed E-state index contributed by atoms with van der Waals surface area (Å²) >= 11 is 3.54. The summed E-state index contributed by atoms with van der Waals surface area (Å²) in [5.41, 5.74) is 0. The first kappa shape index (κ1) is 13.8. The Morgan fingerprint density at radius 3 is 2.50 bits per heavy atom. The first-order valence-electron chi connectivity index (χ1n) is 6.04. The van der Waals surface area contributed by atoms with Gasteiger partial charge < -0.3 is 9.73 Å². The molecule has 1 aromatic rings. The summed E-state index contributed by atoms with van der Waals surface area (Å²) in [5.74, 6) is 2.20. The van der Waals surface area contributed by atoms with E-state index in [2.05, 4.69) is 48.9 Å². The molecule has 1 rings (SSSR count). The molecule has 92 valence electrons. The predicted octanol–water partition coefficient (Wildman–Crippen LogP) is 4.37. The molecule has 0 aliphatic heterocycles. The Hall–Kier alpha value is -0.280. The van der Waals surface area contributed by atoms with Gasteiger partial charge in [0.15, 0.2) is 0 Å². The SMILES string of the molecule is CCCNC(c1occc1Br)C(C)C(C)C. The first-order chi connectivity index (χ1) is 7.57. The average Bonchev–Trinajstić information content (AvgIpc) is 2.65. The van der Waals surface area contributed by atoms with Crippen LogP contribution in [0.2, 0.25) is 0 Å². The van der Waals surface area contributed by atoms with Gasteiger partial charge in [-0.25, -0.2) is 0 Å². The monoisotopic (exact) mass is 287 g/mol. The Morgan fingerprint density at radius 2 is 2.06 bits per heavy atom. The number of furan rings is 1. The van der Waals surface area contributed by atoms with Crippen molar-refractivity contribution >= 4 is 15.9 Å². The van der Waals surface area contributed by atoms with Gasteiger partial charge >= 0.3 is 0 Å². The maximum atomic E-state index is 5.59. The smallest absolute Gasteiger partial charge is 0.135 e. The third-order valence-corrected chi connectivity index (χ3v) is 3.77. The van der Waals surface area contributed by atoms with E-state index >= 15 is 0 Å². The summed E-state index contributed by atoms with van der Waals surface area (Å²) < 4.78 is 6.65. The van der Waals surface area contributed by atoms with Crippen molar-refractivity contribution in [3.8, 4) is 0 Å². The molecule has 0 saturated carbocycles. The van der Waals surface area contributed by atoms with Crippen LogP contribution >= 0.6 is 15.9 Å². The molecular weight excluding hydrogens is 266 g/mol. The van der Waals surface area contributed by atoms with E-state index in [9.17, 15) is 0 Å². The van der Waals surface area contributed by atoms with Gasteiger partial charge in [-0.15, -0.1) is 0 Å². The molecule has 1 N–H and O–H groups in total. The lowest BCUT2D eigenvalue weighted by Gasteiger charge is -2.26. The second-order valence-electron chi connectivity index (χ2n) is 4.67. The topological polar surface area (TPSA) is 25.2 Å². The fraction of sp³-hybridized carbons (Fsp3) is 0.692. The number of nitrogens with one attached hydrogen (secondary N) is 1. The zero-order valence-corrected chi connectivity index (χ0v) is 12.2. The lowest BCUT2D eigenvalue weighted by Crippen LogP contribution is -2.30. The molecule has 2 nitrogen and oxygen atoms in total. The molecule has 0 fully saturated rings. The van der Waals surface area contributed by atoms with E-state index in [1.807, 2.05) is 6.07 Å². The molecule has 2 atom stereocenters. The molecule has 0 radical (unpaired) electrons. The minimum atomic E-state index is 0.296. The van der Waals surface area contributed by atoms with Gasteiger partial charge in [-0.05, 0) is 46.8 Å². The standard InChI is InChI=1S/C13H22BrNO/c1-5-7-15-12(10(4)9(2)3)13-11(14)6-8-16-13/h6,8-10,12,15H,5,7H2,1-4H3. The van der Waals surface area contributed by atoms with Crippen molar-refractivity contribution in [2.45, 2.75) is 40.2 Å². The van der Waals surface area contributed by atoms with Gasteiger partial charge in [-0.1, -0.05) is 27.7 Å². The zero-order valence-electron chi connectivity index (χ0n) is 10.6. The Bertz CT molecular complexity index is 309. The number of hydrogen-bond donors (Lipinski definition) is 1. The van der Waals surface area contributed by atoms with Gasteiger partial charge in [0.25, 0.3) is 0 Å². The van der Waals surface area contributed by atoms with Crippen molar-refractivity contribution in [1.82, 2.24) is 5.32 Å². The summed E-state index contributed by atoms with van der Waals surface area (Å²) in [5, 5.41) is 3.57. The van der Waals surface area contributed by atoms with Crippen LogP contribution in [0.4, 0.5) is 0 Å². The second-order valence-corrected chi connectivity index (χ2v) is 5.52. The van der Waals surface area contributed by atoms with Crippen LogP contribution in [0.25, 0.3) is 0 Å². The van der Waals surface area contributed by atoms with Crippen LogP contribution in [0.15, 0.2) is 21.2 Å². The van der Waals surface area contributed by atoms with Crippen molar-refractivity contribution in [3.63, 3.8) is 0 Å². The highest BCUT2D eigenvalue weighted by Gasteiger charge is 2.25. The largest absolute Gasteiger partial charge is 0.466 e. The highest BCUT2D eigenvalue weighted by molar-refractivity contribution is 9.10. The fourth-order valence-corrected chi connectivity index (χ4v) is 2.18. The minimum absolute atomic E-state index is 0.296. The Kier molecular flexibility index (Phi) is 5.56. The van der Waals surface area contributed by atoms with Crippen LogP contribution in [0.3, 0.4) is 0 Å². The maximum absolute atomic E-state index is 5.59. The van der Waals surface area contributed by atoms with Gasteiger partial charge in [0.2, 0.25) is 0 Å². The number of halogens is 1. The Balaban J connectivity index is 2.83. The summed E-state index contributed by atoms with van der Waals surface area (Å²) in [6.07, 6.45) is 2.88. The molecule has 2 unspecified atom stereocenters. The zero-order chi connectivity index (χ0) is 12.1. The fourth-order valence-electron chi connectivity index (χ4n) is 1.73. The van der Waals surface area contributed by atoms with E-state index in [-0.39, 0.29) is 0 Å². The third-order valence-electron chi connectivity index (χ3n) is 3.12. The van der Waals surface area contributed by atoms with Crippen LogP contribution in [-0.4, -0.2) is 6.54 Å². The minimum Gasteiger partial charge on any atom is -0.466 e. The van der Waals surface area contributed by atoms with E-state index in [0.29, 0.717) is 17.9 Å². The quantitative estimate of drug-likeness (QED) is 0.840. The normalized spacial score (nSPS) is 15.4. The first-order valence-corrected chi connectivity index (χ1v) is 6.83. The van der Waals surface area contributed by atoms with Crippen LogP contribution in [0.5, 0.6) is 0 Å². The van der Waals surface area contributed by atoms with Crippen molar-refractivity contribution < 1.29 is 4.42 Å². The molecule has 16 heavy (non-hydrogen) atoms. The highest BCUT2D eigenvalue weighted by Crippen LogP contribution is 2.32. The summed E-state index contributed by atoms with van der Waals surface area (Å²) in [7, 11) is 0. The molecule has 3 heteroatoms. The summed E-state index contributed by atoms with van der Waals surface area (Å²) in [4.78, 5) is 0. The molecule has 1 heterocycles. The van der Waals surface area contributed by atoms with E-state index < -0.39 is 0 Å². The van der Waals surface area contributed by atoms with Crippen LogP contribution in [-0.2, 0) is 0 Å². The number of hydrogen-bond acceptors (Lipinski definition) is 2. The van der Waals surface area contributed by atoms with Gasteiger partial charge in [0.1, 0.15) is 5.76 Å². The molecule has 0 aliphatic carbocycles. The molecule has 0 aromatic carbocycles. The molecular formula is C13H22BrNO. The average molecular weight is 288 g/mol. The van der Waals surface area contributed by atoms with Crippen LogP contribution < -0.4 is 5.32 Å². The van der Waals surface area contributed by atoms with Gasteiger partial charge in [-0.2, -0.15) is 0 Å². The van der Waals surface area contributed by atoms with Crippen molar-refractivity contribution in [2.75, 3.05) is 6.54 Å². The molecule has 0 spiro atoms. The van der Waals surface area contributed by atoms with Gasteiger partial charge in [0.05, 0.1) is 16.8 Å². The van der Waals surface area contributed by atoms with Crippen LogP contribution in [0, 0.1) is 11.8 Å². The number of rotatable bonds is 6. The third kappa shape index (κ3) is 3.36. The van der Waals surface area contributed by atoms with E-state index in [1.54, 1.807) is 6.26 Å². The van der Waals surface area contributed by atoms with Gasteiger partial charge in [0, 0.05) is 0 Å². The van der Waals surface area contributed by atoms with E-state index in [0.717, 1.165) is 23.2 Å². The molecule has 0 saturated heterocycles. The summed E-state index contributed by atoms with van der Waals surface area (Å²) in [6, 6.07) is 2.26. The maximum Gasteiger partial charge on any atom is 0.135 e. The van der Waals surface area contributed by atoms with Crippen molar-refractivity contribution in [1.29, 1.82) is 0 Å². The van der Waals surface area contributed by atoms with E-state index in [4.69, 9.17) is 4.42 Å². The molecule has 0 bridgehead atoms. The second kappa shape index (κ2) is 6.45. The van der Waals surface area contributed by atoms with Gasteiger partial charge in [-0.3, -0.25) is 0 Å². The molecule has 0 aliphatic rings.